The van der Waals surface area contributed by atoms with Gasteiger partial charge < -0.3 is 15.1 Å². The van der Waals surface area contributed by atoms with Crippen LogP contribution >= 0.6 is 0 Å². The smallest absolute Gasteiger partial charge is 0.328 e. The van der Waals surface area contributed by atoms with Crippen molar-refractivity contribution in [3.8, 4) is 0 Å². The lowest BCUT2D eigenvalue weighted by Crippen LogP contribution is -2.22. The third-order valence-electron chi connectivity index (χ3n) is 4.48. The van der Waals surface area contributed by atoms with Gasteiger partial charge in [0.25, 0.3) is 0 Å². The van der Waals surface area contributed by atoms with Gasteiger partial charge in [0.1, 0.15) is 0 Å². The van der Waals surface area contributed by atoms with Gasteiger partial charge in [0.15, 0.2) is 0 Å². The third-order valence-corrected chi connectivity index (χ3v) is 4.48. The Kier molecular flexibility index (Phi) is 6.37. The van der Waals surface area contributed by atoms with Gasteiger partial charge in [0.05, 0.1) is 6.04 Å². The van der Waals surface area contributed by atoms with Crippen LogP contribution in [-0.4, -0.2) is 27.1 Å². The molecule has 1 unspecified atom stereocenters. The first-order valence-electron chi connectivity index (χ1n) is 8.99. The predicted octanol–water partition coefficient (Wildman–Crippen LogP) is 3.90. The van der Waals surface area contributed by atoms with Crippen molar-refractivity contribution >= 4 is 17.6 Å². The zero-order chi connectivity index (χ0) is 20.6. The van der Waals surface area contributed by atoms with Crippen molar-refractivity contribution < 1.29 is 19.8 Å². The maximum atomic E-state index is 9.55. The molecule has 1 aromatic heterocycles. The summed E-state index contributed by atoms with van der Waals surface area (Å²) >= 11 is 0. The Labute approximate surface area is 168 Å². The summed E-state index contributed by atoms with van der Waals surface area (Å²) in [6.07, 6.45) is 4.84. The van der Waals surface area contributed by atoms with E-state index in [1.807, 2.05) is 12.4 Å². The van der Waals surface area contributed by atoms with Crippen molar-refractivity contribution in [1.29, 1.82) is 0 Å². The standard InChI is InChI=1S/C19H16N2.C4H4O4/c1-2-6-15(7-3-1)19-18-9-5-4-8-16(18)14-21(19)17-10-12-20-13-11-17;5-3(6)1-2-4(7)8/h1-13,19H,14H2;1-2H,(H,5,6)(H,7,8)/b;2-1-. The van der Waals surface area contributed by atoms with Crippen LogP contribution in [0.2, 0.25) is 0 Å². The van der Waals surface area contributed by atoms with Gasteiger partial charge in [-0.2, -0.15) is 0 Å². The molecule has 2 N–H and O–H groups in total. The van der Waals surface area contributed by atoms with Crippen molar-refractivity contribution in [2.45, 2.75) is 12.6 Å². The monoisotopic (exact) mass is 388 g/mol. The summed E-state index contributed by atoms with van der Waals surface area (Å²) in [5, 5.41) is 15.6. The molecule has 3 aromatic rings. The number of anilines is 1. The Bertz CT molecular complexity index is 988. The second-order valence-corrected chi connectivity index (χ2v) is 6.36. The summed E-state index contributed by atoms with van der Waals surface area (Å²) in [6.45, 7) is 0.944. The van der Waals surface area contributed by atoms with E-state index < -0.39 is 11.9 Å². The van der Waals surface area contributed by atoms with Crippen LogP contribution in [0.1, 0.15) is 22.7 Å². The fraction of sp³-hybridized carbons (Fsp3) is 0.0870. The van der Waals surface area contributed by atoms with Crippen molar-refractivity contribution in [3.05, 3.63) is 108 Å². The fourth-order valence-corrected chi connectivity index (χ4v) is 3.30. The minimum absolute atomic E-state index is 0.282. The van der Waals surface area contributed by atoms with Gasteiger partial charge in [0.2, 0.25) is 0 Å². The summed E-state index contributed by atoms with van der Waals surface area (Å²) in [6, 6.07) is 23.9. The number of aliphatic carboxylic acids is 2. The van der Waals surface area contributed by atoms with Crippen LogP contribution in [0.15, 0.2) is 91.3 Å². The maximum absolute atomic E-state index is 9.55. The summed E-state index contributed by atoms with van der Waals surface area (Å²) < 4.78 is 0. The molecule has 29 heavy (non-hydrogen) atoms. The Morgan fingerprint density at radius 2 is 1.45 bits per heavy atom. The van der Waals surface area contributed by atoms with Crippen LogP contribution in [0.4, 0.5) is 5.69 Å². The van der Waals surface area contributed by atoms with Crippen LogP contribution in [0.25, 0.3) is 0 Å². The quantitative estimate of drug-likeness (QED) is 0.659. The number of carboxylic acids is 2. The Morgan fingerprint density at radius 3 is 2.07 bits per heavy atom. The van der Waals surface area contributed by atoms with Gasteiger partial charge in [0, 0.05) is 36.8 Å². The number of benzene rings is 2. The number of carbonyl (C=O) groups is 2. The van der Waals surface area contributed by atoms with Crippen LogP contribution in [0, 0.1) is 0 Å². The third kappa shape index (κ3) is 5.07. The largest absolute Gasteiger partial charge is 0.478 e. The first kappa shape index (κ1) is 19.8. The molecule has 0 aliphatic carbocycles. The molecule has 1 aliphatic heterocycles. The molecule has 6 heteroatoms. The first-order valence-corrected chi connectivity index (χ1v) is 8.99. The topological polar surface area (TPSA) is 90.7 Å². The number of carboxylic acid groups (broad SMARTS) is 2. The summed E-state index contributed by atoms with van der Waals surface area (Å²) in [5.74, 6) is -2.51. The van der Waals surface area contributed by atoms with Crippen molar-refractivity contribution in [2.24, 2.45) is 0 Å². The highest BCUT2D eigenvalue weighted by Crippen LogP contribution is 2.41. The van der Waals surface area contributed by atoms with Gasteiger partial charge in [-0.25, -0.2) is 9.59 Å². The van der Waals surface area contributed by atoms with Gasteiger partial charge in [-0.3, -0.25) is 4.98 Å². The van der Waals surface area contributed by atoms with Crippen molar-refractivity contribution in [1.82, 2.24) is 4.98 Å². The lowest BCUT2D eigenvalue weighted by Gasteiger charge is -2.27. The molecule has 146 valence electrons. The average molecular weight is 388 g/mol. The van der Waals surface area contributed by atoms with E-state index in [0.717, 1.165) is 6.54 Å². The molecule has 2 heterocycles. The van der Waals surface area contributed by atoms with E-state index in [9.17, 15) is 9.59 Å². The number of aromatic nitrogens is 1. The molecule has 6 nitrogen and oxygen atoms in total. The number of pyridine rings is 1. The van der Waals surface area contributed by atoms with Gasteiger partial charge in [-0.05, 0) is 28.8 Å². The molecule has 0 saturated heterocycles. The molecule has 1 aliphatic rings. The van der Waals surface area contributed by atoms with Gasteiger partial charge in [-0.1, -0.05) is 54.6 Å². The number of nitrogens with zero attached hydrogens (tertiary/aromatic N) is 2. The van der Waals surface area contributed by atoms with Crippen molar-refractivity contribution in [2.75, 3.05) is 4.90 Å². The Morgan fingerprint density at radius 1 is 0.862 bits per heavy atom. The second-order valence-electron chi connectivity index (χ2n) is 6.36. The highest BCUT2D eigenvalue weighted by molar-refractivity contribution is 5.89. The number of rotatable bonds is 4. The van der Waals surface area contributed by atoms with E-state index in [-0.39, 0.29) is 6.04 Å². The van der Waals surface area contributed by atoms with E-state index in [1.54, 1.807) is 0 Å². The molecule has 0 bridgehead atoms. The van der Waals surface area contributed by atoms with E-state index in [1.165, 1.54) is 22.4 Å². The molecule has 0 fully saturated rings. The fourth-order valence-electron chi connectivity index (χ4n) is 3.30. The minimum Gasteiger partial charge on any atom is -0.478 e. The van der Waals surface area contributed by atoms with E-state index in [0.29, 0.717) is 12.2 Å². The highest BCUT2D eigenvalue weighted by atomic mass is 16.4. The van der Waals surface area contributed by atoms with E-state index in [2.05, 4.69) is 76.6 Å². The molecular weight excluding hydrogens is 368 g/mol. The van der Waals surface area contributed by atoms with Crippen LogP contribution in [0.3, 0.4) is 0 Å². The lowest BCUT2D eigenvalue weighted by atomic mass is 9.98. The molecular formula is C23H20N2O4. The highest BCUT2D eigenvalue weighted by Gasteiger charge is 2.31. The zero-order valence-corrected chi connectivity index (χ0v) is 15.6. The molecule has 0 radical (unpaired) electrons. The van der Waals surface area contributed by atoms with Crippen LogP contribution in [-0.2, 0) is 16.1 Å². The molecule has 0 amide bonds. The average Bonchev–Trinajstić information content (AvgIpc) is 3.14. The Balaban J connectivity index is 0.000000258. The van der Waals surface area contributed by atoms with Crippen LogP contribution < -0.4 is 4.90 Å². The van der Waals surface area contributed by atoms with Gasteiger partial charge >= 0.3 is 11.9 Å². The molecule has 4 rings (SSSR count). The first-order chi connectivity index (χ1) is 14.1. The Hall–Kier alpha value is -3.93. The summed E-state index contributed by atoms with van der Waals surface area (Å²) in [4.78, 5) is 25.7. The predicted molar refractivity (Wildman–Crippen MR) is 110 cm³/mol. The normalized spacial score (nSPS) is 14.8. The maximum Gasteiger partial charge on any atom is 0.328 e. The van der Waals surface area contributed by atoms with Gasteiger partial charge in [-0.15, -0.1) is 0 Å². The SMILES string of the molecule is O=C(O)/C=C\C(=O)O.c1ccc(C2c3ccccc3CN2c2ccncc2)cc1. The molecule has 0 saturated carbocycles. The minimum atomic E-state index is -1.26. The number of fused-ring (bicyclic) bond motifs is 1. The molecule has 1 atom stereocenters. The molecule has 2 aromatic carbocycles. The summed E-state index contributed by atoms with van der Waals surface area (Å²) in [7, 11) is 0. The van der Waals surface area contributed by atoms with Crippen molar-refractivity contribution in [3.63, 3.8) is 0 Å². The zero-order valence-electron chi connectivity index (χ0n) is 15.6. The summed E-state index contributed by atoms with van der Waals surface area (Å²) in [5.41, 5.74) is 5.36. The number of hydrogen-bond acceptors (Lipinski definition) is 4. The number of hydrogen-bond donors (Lipinski definition) is 2. The second kappa shape index (κ2) is 9.32. The van der Waals surface area contributed by atoms with E-state index in [4.69, 9.17) is 10.2 Å². The molecule has 0 spiro atoms. The van der Waals surface area contributed by atoms with E-state index >= 15 is 0 Å². The van der Waals surface area contributed by atoms with Crippen LogP contribution in [0.5, 0.6) is 0 Å². The lowest BCUT2D eigenvalue weighted by molar-refractivity contribution is -0.134.